The summed E-state index contributed by atoms with van der Waals surface area (Å²) in [4.78, 5) is 21.3. The van der Waals surface area contributed by atoms with Crippen LogP contribution in [0.25, 0.3) is 71.8 Å². The molecule has 0 fully saturated rings. The summed E-state index contributed by atoms with van der Waals surface area (Å²) in [6.07, 6.45) is 3.25. The lowest BCUT2D eigenvalue weighted by atomic mass is 10.0. The number of fused-ring (bicyclic) bond motifs is 3. The molecular weight excluding hydrogens is 508 g/mol. The average molecular weight is 527 g/mol. The molecule has 5 aromatic heterocycles. The second-order valence-electron chi connectivity index (χ2n) is 9.40. The van der Waals surface area contributed by atoms with Gasteiger partial charge in [0.2, 0.25) is 0 Å². The molecule has 190 valence electrons. The highest BCUT2D eigenvalue weighted by atomic mass is 16.3. The Balaban J connectivity index is 1.29. The van der Waals surface area contributed by atoms with E-state index in [4.69, 9.17) is 21.0 Å². The third-order valence-electron chi connectivity index (χ3n) is 6.88. The first-order valence-corrected chi connectivity index (χ1v) is 12.8. The van der Waals surface area contributed by atoms with E-state index in [0.29, 0.717) is 11.5 Å². The van der Waals surface area contributed by atoms with Gasteiger partial charge in [0.1, 0.15) is 29.1 Å². The molecule has 7 nitrogen and oxygen atoms in total. The Bertz CT molecular complexity index is 2050. The van der Waals surface area contributed by atoms with Crippen molar-refractivity contribution in [2.45, 2.75) is 0 Å². The number of furan rings is 1. The molecule has 0 aliphatic heterocycles. The minimum Gasteiger partial charge on any atom is -0.456 e. The summed E-state index contributed by atoms with van der Waals surface area (Å²) in [6.45, 7) is 7.26. The lowest BCUT2D eigenvalue weighted by molar-refractivity contribution is 0.669. The summed E-state index contributed by atoms with van der Waals surface area (Å²) in [5, 5.41) is 11.2. The molecule has 5 heterocycles. The minimum absolute atomic E-state index is 0.338. The van der Waals surface area contributed by atoms with Gasteiger partial charge in [0, 0.05) is 33.7 Å². The highest BCUT2D eigenvalue weighted by molar-refractivity contribution is 6.07. The first kappa shape index (κ1) is 23.9. The van der Waals surface area contributed by atoms with Gasteiger partial charge in [0.05, 0.1) is 22.8 Å². The Morgan fingerprint density at radius 3 is 1.66 bits per heavy atom. The largest absolute Gasteiger partial charge is 0.456 e. The van der Waals surface area contributed by atoms with E-state index >= 15 is 0 Å². The summed E-state index contributed by atoms with van der Waals surface area (Å²) in [5.41, 5.74) is 8.70. The first-order chi connectivity index (χ1) is 20.2. The van der Waals surface area contributed by atoms with Crippen molar-refractivity contribution in [2.24, 2.45) is 0 Å². The van der Waals surface area contributed by atoms with Crippen molar-refractivity contribution in [1.29, 1.82) is 5.26 Å². The number of pyridine rings is 4. The average Bonchev–Trinajstić information content (AvgIpc) is 3.42. The van der Waals surface area contributed by atoms with Crippen LogP contribution in [0, 0.1) is 17.9 Å². The highest BCUT2D eigenvalue weighted by Gasteiger charge is 2.13. The summed E-state index contributed by atoms with van der Waals surface area (Å²) < 4.78 is 6.16. The molecule has 0 bridgehead atoms. The number of hydrogen-bond donors (Lipinski definition) is 0. The lowest BCUT2D eigenvalue weighted by Crippen LogP contribution is -1.90. The molecule has 2 aromatic carbocycles. The first-order valence-electron chi connectivity index (χ1n) is 12.8. The Hall–Kier alpha value is -6.18. The van der Waals surface area contributed by atoms with Crippen LogP contribution in [-0.2, 0) is 0 Å². The molecule has 0 radical (unpaired) electrons. The third kappa shape index (κ3) is 4.44. The van der Waals surface area contributed by atoms with Crippen molar-refractivity contribution in [2.75, 3.05) is 0 Å². The summed E-state index contributed by atoms with van der Waals surface area (Å²) in [6, 6.07) is 33.1. The highest BCUT2D eigenvalue weighted by Crippen LogP contribution is 2.35. The van der Waals surface area contributed by atoms with E-state index in [1.165, 1.54) is 0 Å². The van der Waals surface area contributed by atoms with Gasteiger partial charge in [-0.2, -0.15) is 5.26 Å². The minimum atomic E-state index is 0.338. The Kier molecular flexibility index (Phi) is 5.74. The number of hydrogen-bond acceptors (Lipinski definition) is 6. The van der Waals surface area contributed by atoms with Gasteiger partial charge in [-0.05, 0) is 90.5 Å². The van der Waals surface area contributed by atoms with Crippen LogP contribution >= 0.6 is 0 Å². The van der Waals surface area contributed by atoms with Crippen molar-refractivity contribution < 1.29 is 4.42 Å². The SMILES string of the molecule is [C-]#[N+]c1cc(-c2cccc(-c3ccc4oc5ccc(-c6cccc(-c7ccnc(C#N)c7)n6)cc5c4c3)n2)ccn1. The van der Waals surface area contributed by atoms with Gasteiger partial charge in [-0.25, -0.2) is 15.0 Å². The smallest absolute Gasteiger partial charge is 0.270 e. The maximum atomic E-state index is 9.23. The zero-order chi connectivity index (χ0) is 27.8. The summed E-state index contributed by atoms with van der Waals surface area (Å²) >= 11 is 0. The van der Waals surface area contributed by atoms with E-state index in [9.17, 15) is 5.26 Å². The van der Waals surface area contributed by atoms with Crippen molar-refractivity contribution in [3.63, 3.8) is 0 Å². The zero-order valence-electron chi connectivity index (χ0n) is 21.5. The molecule has 0 spiro atoms. The molecular formula is C34H18N6O. The fraction of sp³-hybridized carbons (Fsp3) is 0. The van der Waals surface area contributed by atoms with Crippen molar-refractivity contribution in [3.8, 4) is 51.1 Å². The fourth-order valence-electron chi connectivity index (χ4n) is 4.90. The van der Waals surface area contributed by atoms with Crippen LogP contribution in [0.3, 0.4) is 0 Å². The van der Waals surface area contributed by atoms with E-state index in [1.807, 2.05) is 72.8 Å². The molecule has 0 unspecified atom stereocenters. The van der Waals surface area contributed by atoms with Gasteiger partial charge in [-0.15, -0.1) is 4.98 Å². The van der Waals surface area contributed by atoms with Crippen LogP contribution in [0.2, 0.25) is 0 Å². The Morgan fingerprint density at radius 2 is 1.12 bits per heavy atom. The Labute approximate surface area is 234 Å². The van der Waals surface area contributed by atoms with E-state index < -0.39 is 0 Å². The molecule has 0 aliphatic rings. The molecule has 0 atom stereocenters. The van der Waals surface area contributed by atoms with Crippen molar-refractivity contribution in [3.05, 3.63) is 127 Å². The van der Waals surface area contributed by atoms with Crippen LogP contribution in [0.15, 0.2) is 114 Å². The molecule has 7 rings (SSSR count). The molecule has 7 aromatic rings. The van der Waals surface area contributed by atoms with Crippen LogP contribution in [0.4, 0.5) is 5.82 Å². The predicted molar refractivity (Wildman–Crippen MR) is 158 cm³/mol. The quantitative estimate of drug-likeness (QED) is 0.214. The number of nitrogens with zero attached hydrogens (tertiary/aromatic N) is 6. The maximum absolute atomic E-state index is 9.23. The van der Waals surface area contributed by atoms with Gasteiger partial charge < -0.3 is 9.26 Å². The normalized spacial score (nSPS) is 10.9. The van der Waals surface area contributed by atoms with Crippen molar-refractivity contribution in [1.82, 2.24) is 19.9 Å². The molecule has 0 saturated heterocycles. The third-order valence-corrected chi connectivity index (χ3v) is 6.88. The number of benzene rings is 2. The maximum Gasteiger partial charge on any atom is 0.270 e. The van der Waals surface area contributed by atoms with E-state index in [1.54, 1.807) is 24.5 Å². The van der Waals surface area contributed by atoms with Gasteiger partial charge >= 0.3 is 0 Å². The van der Waals surface area contributed by atoms with Crippen LogP contribution < -0.4 is 0 Å². The summed E-state index contributed by atoms with van der Waals surface area (Å²) in [7, 11) is 0. The van der Waals surface area contributed by atoms with Crippen molar-refractivity contribution >= 4 is 27.8 Å². The van der Waals surface area contributed by atoms with Crippen LogP contribution in [0.5, 0.6) is 0 Å². The molecule has 0 saturated carbocycles. The Morgan fingerprint density at radius 1 is 0.610 bits per heavy atom. The van der Waals surface area contributed by atoms with Gasteiger partial charge in [-0.3, -0.25) is 0 Å². The second kappa shape index (κ2) is 9.85. The van der Waals surface area contributed by atoms with Crippen LogP contribution in [-0.4, -0.2) is 19.9 Å². The predicted octanol–water partition coefficient (Wildman–Crippen LogP) is 8.26. The molecule has 0 N–H and O–H groups in total. The topological polar surface area (TPSA) is 92.8 Å². The standard InChI is InChI=1S/C34H18N6O/c1-36-34-19-24(13-15-38-34)31-7-3-5-29(40-31)22-9-11-33-27(18-22)26-17-21(8-10-32(26)41-33)28-4-2-6-30(39-28)23-12-14-37-25(16-23)20-35/h2-19H. The van der Waals surface area contributed by atoms with E-state index in [-0.39, 0.29) is 0 Å². The van der Waals surface area contributed by atoms with E-state index in [0.717, 1.165) is 67.0 Å². The zero-order valence-corrected chi connectivity index (χ0v) is 21.5. The molecule has 0 amide bonds. The number of rotatable bonds is 4. The second-order valence-corrected chi connectivity index (χ2v) is 9.40. The lowest BCUT2D eigenvalue weighted by Gasteiger charge is -2.06. The molecule has 0 aliphatic carbocycles. The monoisotopic (exact) mass is 526 g/mol. The van der Waals surface area contributed by atoms with E-state index in [2.05, 4.69) is 33.0 Å². The van der Waals surface area contributed by atoms with Gasteiger partial charge in [0.15, 0.2) is 0 Å². The summed E-state index contributed by atoms with van der Waals surface area (Å²) in [5.74, 6) is 0.338. The van der Waals surface area contributed by atoms with Crippen LogP contribution in [0.1, 0.15) is 5.69 Å². The number of nitriles is 1. The van der Waals surface area contributed by atoms with Gasteiger partial charge in [-0.1, -0.05) is 18.7 Å². The fourth-order valence-corrected chi connectivity index (χ4v) is 4.90. The van der Waals surface area contributed by atoms with Gasteiger partial charge in [0.25, 0.3) is 5.82 Å². The molecule has 7 heteroatoms. The number of aromatic nitrogens is 4. The molecule has 41 heavy (non-hydrogen) atoms.